The number of ether oxygens (including phenoxy) is 2. The van der Waals surface area contributed by atoms with E-state index in [9.17, 15) is 9.59 Å². The molecule has 3 atom stereocenters. The van der Waals surface area contributed by atoms with Gasteiger partial charge in [0.25, 0.3) is 0 Å². The number of nitrogens with zero attached hydrogens (tertiary/aromatic N) is 4. The van der Waals surface area contributed by atoms with E-state index in [-0.39, 0.29) is 30.2 Å². The average Bonchev–Trinajstić information content (AvgIpc) is 3.85. The van der Waals surface area contributed by atoms with Gasteiger partial charge in [0, 0.05) is 19.0 Å². The van der Waals surface area contributed by atoms with Crippen LogP contribution in [0.4, 0.5) is 9.59 Å². The van der Waals surface area contributed by atoms with Crippen molar-refractivity contribution in [1.29, 1.82) is 0 Å². The normalized spacial score (nSPS) is 20.7. The van der Waals surface area contributed by atoms with Crippen LogP contribution in [0.5, 0.6) is 0 Å². The van der Waals surface area contributed by atoms with E-state index >= 15 is 0 Å². The summed E-state index contributed by atoms with van der Waals surface area (Å²) in [5.74, 6) is 1.64. The molecule has 1 unspecified atom stereocenters. The Morgan fingerprint density at radius 1 is 0.755 bits per heavy atom. The van der Waals surface area contributed by atoms with Crippen LogP contribution in [0.25, 0.3) is 33.6 Å². The first-order valence-electron chi connectivity index (χ1n) is 17.2. The second-order valence-electron chi connectivity index (χ2n) is 15.1. The Morgan fingerprint density at radius 2 is 1.22 bits per heavy atom. The lowest BCUT2D eigenvalue weighted by Crippen LogP contribution is -2.37. The third-order valence-corrected chi connectivity index (χ3v) is 9.14. The van der Waals surface area contributed by atoms with Crippen molar-refractivity contribution in [3.8, 4) is 33.6 Å². The van der Waals surface area contributed by atoms with E-state index in [0.717, 1.165) is 58.1 Å². The van der Waals surface area contributed by atoms with Gasteiger partial charge in [-0.15, -0.1) is 0 Å². The van der Waals surface area contributed by atoms with Crippen molar-refractivity contribution < 1.29 is 19.1 Å². The topological polar surface area (TPSA) is 116 Å². The number of hydrogen-bond acceptors (Lipinski definition) is 6. The molecule has 2 saturated heterocycles. The molecule has 2 N–H and O–H groups in total. The molecular weight excluding hydrogens is 616 g/mol. The number of nitrogens with one attached hydrogen (secondary N) is 2. The van der Waals surface area contributed by atoms with Crippen LogP contribution in [0.3, 0.4) is 0 Å². The Bertz CT molecular complexity index is 1820. The highest BCUT2D eigenvalue weighted by atomic mass is 16.6. The van der Waals surface area contributed by atoms with Crippen LogP contribution >= 0.6 is 0 Å². The summed E-state index contributed by atoms with van der Waals surface area (Å²) in [6.07, 6.45) is 6.89. The van der Waals surface area contributed by atoms with E-state index in [1.54, 1.807) is 9.80 Å². The molecule has 6 rings (SSSR count). The lowest BCUT2D eigenvalue weighted by atomic mass is 9.97. The molecule has 2 aromatic heterocycles. The molecule has 10 heteroatoms. The summed E-state index contributed by atoms with van der Waals surface area (Å²) in [5, 5.41) is 0. The predicted molar refractivity (Wildman–Crippen MR) is 191 cm³/mol. The molecule has 4 aromatic rings. The molecule has 4 heterocycles. The Kier molecular flexibility index (Phi) is 9.17. The minimum absolute atomic E-state index is 0.116. The summed E-state index contributed by atoms with van der Waals surface area (Å²) in [6.45, 7) is 16.6. The molecule has 0 bridgehead atoms. The zero-order valence-electron chi connectivity index (χ0n) is 29.8. The maximum Gasteiger partial charge on any atom is 0.411 e. The van der Waals surface area contributed by atoms with Gasteiger partial charge in [0.2, 0.25) is 0 Å². The lowest BCUT2D eigenvalue weighted by molar-refractivity contribution is 0.0198. The standard InChI is InChI=1S/C39H48N6O4/c1-9-25-23-45(37(47)49-39(6,7)8)33(24(25)2)35-41-22-31(43-35)29-18-14-27(15-19-29)26-12-16-28(17-13-26)30-21-40-34(42-30)32-11-10-20-44(32)36(46)48-38(3,4)5/h9,12-19,21-22,24,32-33H,10-11,20,23H2,1-8H3,(H,40,42)(H,41,43)/t24?,32-,33-/m0/s1. The van der Waals surface area contributed by atoms with Crippen molar-refractivity contribution in [3.05, 3.63) is 84.2 Å². The van der Waals surface area contributed by atoms with Gasteiger partial charge in [-0.25, -0.2) is 19.6 Å². The minimum atomic E-state index is -0.579. The summed E-state index contributed by atoms with van der Waals surface area (Å²) in [6, 6.07) is 16.4. The van der Waals surface area contributed by atoms with Gasteiger partial charge < -0.3 is 19.4 Å². The van der Waals surface area contributed by atoms with E-state index in [4.69, 9.17) is 14.5 Å². The number of aromatic amines is 2. The molecule has 2 aliphatic rings. The highest BCUT2D eigenvalue weighted by molar-refractivity contribution is 5.73. The molecule has 0 saturated carbocycles. The highest BCUT2D eigenvalue weighted by Crippen LogP contribution is 2.41. The SMILES string of the molecule is CC=C1CN(C(=O)OC(C)(C)C)[C@H](c2ncc(-c3ccc(-c4ccc(-c5cnc([C@@H]6CCCN6C(=O)OC(C)(C)C)[nH]5)cc4)cc3)[nH]2)C1C. The average molecular weight is 665 g/mol. The van der Waals surface area contributed by atoms with Gasteiger partial charge in [0.05, 0.1) is 35.9 Å². The number of hydrogen-bond donors (Lipinski definition) is 2. The molecule has 0 spiro atoms. The Hall–Kier alpha value is -4.86. The number of carbonyl (C=O) groups is 2. The van der Waals surface area contributed by atoms with Crippen molar-refractivity contribution in [1.82, 2.24) is 29.7 Å². The van der Waals surface area contributed by atoms with Crippen LogP contribution in [-0.2, 0) is 9.47 Å². The van der Waals surface area contributed by atoms with Crippen molar-refractivity contribution >= 4 is 12.2 Å². The predicted octanol–water partition coefficient (Wildman–Crippen LogP) is 9.08. The third kappa shape index (κ3) is 7.43. The molecule has 0 aliphatic carbocycles. The summed E-state index contributed by atoms with van der Waals surface area (Å²) in [7, 11) is 0. The van der Waals surface area contributed by atoms with Crippen LogP contribution < -0.4 is 0 Å². The van der Waals surface area contributed by atoms with Gasteiger partial charge in [-0.3, -0.25) is 9.80 Å². The molecular formula is C39H48N6O4. The van der Waals surface area contributed by atoms with Gasteiger partial charge in [0.15, 0.2) is 0 Å². The second-order valence-corrected chi connectivity index (χ2v) is 15.1. The fourth-order valence-electron chi connectivity index (χ4n) is 6.71. The van der Waals surface area contributed by atoms with Gasteiger partial charge in [-0.05, 0) is 89.1 Å². The molecule has 258 valence electrons. The quantitative estimate of drug-likeness (QED) is 0.206. The first-order valence-corrected chi connectivity index (χ1v) is 17.2. The number of imidazole rings is 2. The second kappa shape index (κ2) is 13.2. The Morgan fingerprint density at radius 3 is 1.73 bits per heavy atom. The summed E-state index contributed by atoms with van der Waals surface area (Å²) < 4.78 is 11.4. The van der Waals surface area contributed by atoms with Crippen molar-refractivity contribution in [2.45, 2.75) is 91.5 Å². The van der Waals surface area contributed by atoms with Crippen LogP contribution in [-0.4, -0.2) is 66.2 Å². The summed E-state index contributed by atoms with van der Waals surface area (Å²) in [5.41, 5.74) is 6.10. The van der Waals surface area contributed by atoms with Crippen molar-refractivity contribution in [3.63, 3.8) is 0 Å². The van der Waals surface area contributed by atoms with Gasteiger partial charge >= 0.3 is 12.2 Å². The van der Waals surface area contributed by atoms with E-state index in [1.807, 2.05) is 60.9 Å². The number of carbonyl (C=O) groups excluding carboxylic acids is 2. The number of aromatic nitrogens is 4. The van der Waals surface area contributed by atoms with Gasteiger partial charge in [-0.2, -0.15) is 0 Å². The minimum Gasteiger partial charge on any atom is -0.444 e. The molecule has 2 fully saturated rings. The van der Waals surface area contributed by atoms with Crippen molar-refractivity contribution in [2.24, 2.45) is 5.92 Å². The van der Waals surface area contributed by atoms with Crippen LogP contribution in [0.2, 0.25) is 0 Å². The lowest BCUT2D eigenvalue weighted by Gasteiger charge is -2.28. The van der Waals surface area contributed by atoms with Gasteiger partial charge in [-0.1, -0.05) is 61.5 Å². The maximum atomic E-state index is 13.1. The largest absolute Gasteiger partial charge is 0.444 e. The van der Waals surface area contributed by atoms with E-state index in [1.165, 1.54) is 5.57 Å². The first kappa shape index (κ1) is 34.0. The molecule has 2 aromatic carbocycles. The van der Waals surface area contributed by atoms with Gasteiger partial charge in [0.1, 0.15) is 22.9 Å². The van der Waals surface area contributed by atoms with E-state index in [2.05, 4.69) is 76.5 Å². The zero-order valence-corrected chi connectivity index (χ0v) is 29.8. The fraction of sp³-hybridized carbons (Fsp3) is 0.436. The first-order chi connectivity index (χ1) is 23.2. The van der Waals surface area contributed by atoms with E-state index in [0.29, 0.717) is 13.1 Å². The Balaban J connectivity index is 1.14. The Labute approximate surface area is 288 Å². The monoisotopic (exact) mass is 664 g/mol. The highest BCUT2D eigenvalue weighted by Gasteiger charge is 2.42. The molecule has 2 amide bonds. The fourth-order valence-corrected chi connectivity index (χ4v) is 6.71. The maximum absolute atomic E-state index is 13.1. The molecule has 10 nitrogen and oxygen atoms in total. The number of H-pyrrole nitrogens is 2. The molecule has 2 aliphatic heterocycles. The number of allylic oxidation sites excluding steroid dienone is 1. The molecule has 49 heavy (non-hydrogen) atoms. The van der Waals surface area contributed by atoms with E-state index < -0.39 is 11.2 Å². The van der Waals surface area contributed by atoms with Crippen LogP contribution in [0.1, 0.15) is 92.0 Å². The van der Waals surface area contributed by atoms with Crippen molar-refractivity contribution in [2.75, 3.05) is 13.1 Å². The third-order valence-electron chi connectivity index (χ3n) is 9.14. The number of rotatable bonds is 5. The zero-order chi connectivity index (χ0) is 35.1. The summed E-state index contributed by atoms with van der Waals surface area (Å²) in [4.78, 5) is 45.8. The smallest absolute Gasteiger partial charge is 0.411 e. The molecule has 0 radical (unpaired) electrons. The van der Waals surface area contributed by atoms with Crippen LogP contribution in [0, 0.1) is 5.92 Å². The number of likely N-dealkylation sites (tertiary alicyclic amines) is 2. The number of benzene rings is 2. The summed E-state index contributed by atoms with van der Waals surface area (Å²) >= 11 is 0. The van der Waals surface area contributed by atoms with Crippen LogP contribution in [0.15, 0.2) is 72.6 Å². The number of amides is 2.